The van der Waals surface area contributed by atoms with Gasteiger partial charge >= 0.3 is 0 Å². The molecule has 0 bridgehead atoms. The van der Waals surface area contributed by atoms with Crippen LogP contribution in [0, 0.1) is 10.1 Å². The second-order valence-electron chi connectivity index (χ2n) is 6.25. The first-order valence-corrected chi connectivity index (χ1v) is 9.07. The van der Waals surface area contributed by atoms with E-state index >= 15 is 0 Å². The van der Waals surface area contributed by atoms with Crippen LogP contribution in [0.15, 0.2) is 47.6 Å². The minimum absolute atomic E-state index is 0.104. The Kier molecular flexibility index (Phi) is 6.70. The molecule has 1 fully saturated rings. The van der Waals surface area contributed by atoms with Gasteiger partial charge in [-0.15, -0.1) is 0 Å². The Morgan fingerprint density at radius 2 is 1.96 bits per heavy atom. The van der Waals surface area contributed by atoms with Gasteiger partial charge in [0.1, 0.15) is 0 Å². The van der Waals surface area contributed by atoms with Gasteiger partial charge in [-0.25, -0.2) is 5.43 Å². The van der Waals surface area contributed by atoms with Crippen LogP contribution in [0.4, 0.5) is 5.69 Å². The third-order valence-electron chi connectivity index (χ3n) is 4.29. The number of non-ortho nitro benzene ring substituents is 1. The van der Waals surface area contributed by atoms with Crippen molar-refractivity contribution in [1.82, 2.24) is 10.3 Å². The van der Waals surface area contributed by atoms with E-state index in [0.29, 0.717) is 16.1 Å². The summed E-state index contributed by atoms with van der Waals surface area (Å²) in [7, 11) is 0. The summed E-state index contributed by atoms with van der Waals surface area (Å²) in [6.45, 7) is 4.10. The summed E-state index contributed by atoms with van der Waals surface area (Å²) in [5.74, 6) is -0.379. The molecule has 8 nitrogen and oxygen atoms in total. The van der Waals surface area contributed by atoms with Crippen molar-refractivity contribution >= 4 is 29.4 Å². The molecule has 1 aliphatic heterocycles. The van der Waals surface area contributed by atoms with E-state index in [1.165, 1.54) is 24.4 Å². The third kappa shape index (κ3) is 5.35. The summed E-state index contributed by atoms with van der Waals surface area (Å²) in [5.41, 5.74) is 4.22. The van der Waals surface area contributed by atoms with Crippen molar-refractivity contribution in [3.8, 4) is 0 Å². The van der Waals surface area contributed by atoms with Crippen LogP contribution in [-0.2, 0) is 11.3 Å². The Hall–Kier alpha value is -2.81. The van der Waals surface area contributed by atoms with Crippen molar-refractivity contribution in [2.45, 2.75) is 6.54 Å². The molecule has 1 heterocycles. The molecule has 9 heteroatoms. The van der Waals surface area contributed by atoms with E-state index in [2.05, 4.69) is 15.4 Å². The lowest BCUT2D eigenvalue weighted by molar-refractivity contribution is -0.384. The minimum Gasteiger partial charge on any atom is -0.379 e. The maximum atomic E-state index is 12.2. The number of nitrogens with one attached hydrogen (secondary N) is 1. The maximum absolute atomic E-state index is 12.2. The van der Waals surface area contributed by atoms with E-state index in [4.69, 9.17) is 16.3 Å². The first kappa shape index (κ1) is 19.9. The molecule has 0 aromatic heterocycles. The molecule has 146 valence electrons. The maximum Gasteiger partial charge on any atom is 0.271 e. The zero-order valence-electron chi connectivity index (χ0n) is 15.0. The summed E-state index contributed by atoms with van der Waals surface area (Å²) in [6, 6.07) is 11.3. The number of benzene rings is 2. The zero-order chi connectivity index (χ0) is 19.9. The normalized spacial score (nSPS) is 14.9. The second kappa shape index (κ2) is 9.41. The second-order valence-corrected chi connectivity index (χ2v) is 6.65. The van der Waals surface area contributed by atoms with Crippen LogP contribution in [0.5, 0.6) is 0 Å². The molecule has 0 spiro atoms. The Morgan fingerprint density at radius 1 is 1.25 bits per heavy atom. The molecule has 0 unspecified atom stereocenters. The van der Waals surface area contributed by atoms with Gasteiger partial charge in [-0.2, -0.15) is 5.10 Å². The number of rotatable bonds is 6. The molecule has 28 heavy (non-hydrogen) atoms. The topological polar surface area (TPSA) is 97.1 Å². The fraction of sp³-hybridized carbons (Fsp3) is 0.263. The number of hydrogen-bond acceptors (Lipinski definition) is 6. The molecular weight excluding hydrogens is 384 g/mol. The van der Waals surface area contributed by atoms with Crippen LogP contribution in [0.1, 0.15) is 21.5 Å². The molecule has 2 aromatic rings. The molecule has 1 N–H and O–H groups in total. The SMILES string of the molecule is O=C(N/N=C\c1cc([N+](=O)[O-])ccc1Cl)c1ccc(CN2CCOCC2)cc1. The third-order valence-corrected chi connectivity index (χ3v) is 4.63. The lowest BCUT2D eigenvalue weighted by atomic mass is 10.1. The number of morpholine rings is 1. The van der Waals surface area contributed by atoms with Crippen LogP contribution in [0.25, 0.3) is 0 Å². The highest BCUT2D eigenvalue weighted by atomic mass is 35.5. The van der Waals surface area contributed by atoms with Gasteiger partial charge in [0.2, 0.25) is 0 Å². The van der Waals surface area contributed by atoms with Crippen molar-refractivity contribution in [2.75, 3.05) is 26.3 Å². The highest BCUT2D eigenvalue weighted by Crippen LogP contribution is 2.20. The van der Waals surface area contributed by atoms with Gasteiger partial charge < -0.3 is 4.74 Å². The Bertz CT molecular complexity index is 880. The largest absolute Gasteiger partial charge is 0.379 e. The van der Waals surface area contributed by atoms with Crippen molar-refractivity contribution in [3.63, 3.8) is 0 Å². The van der Waals surface area contributed by atoms with E-state index in [0.717, 1.165) is 38.4 Å². The van der Waals surface area contributed by atoms with Crippen LogP contribution in [0.2, 0.25) is 5.02 Å². The van der Waals surface area contributed by atoms with E-state index in [1.807, 2.05) is 12.1 Å². The lowest BCUT2D eigenvalue weighted by Crippen LogP contribution is -2.35. The molecule has 2 aromatic carbocycles. The van der Waals surface area contributed by atoms with Gasteiger partial charge in [-0.3, -0.25) is 19.8 Å². The standard InChI is InChI=1S/C19H19ClN4O4/c20-18-6-5-17(24(26)27)11-16(18)12-21-22-19(25)15-3-1-14(2-4-15)13-23-7-9-28-10-8-23/h1-6,11-12H,7-10,13H2,(H,22,25)/b21-12-. The van der Waals surface area contributed by atoms with Gasteiger partial charge in [0.05, 0.1) is 24.4 Å². The van der Waals surface area contributed by atoms with Gasteiger partial charge in [0.15, 0.2) is 0 Å². The van der Waals surface area contributed by atoms with E-state index in [1.54, 1.807) is 12.1 Å². The number of nitrogens with zero attached hydrogens (tertiary/aromatic N) is 3. The predicted molar refractivity (Wildman–Crippen MR) is 106 cm³/mol. The van der Waals surface area contributed by atoms with E-state index in [9.17, 15) is 14.9 Å². The summed E-state index contributed by atoms with van der Waals surface area (Å²) in [4.78, 5) is 24.8. The summed E-state index contributed by atoms with van der Waals surface area (Å²) >= 11 is 5.99. The van der Waals surface area contributed by atoms with Crippen LogP contribution in [0.3, 0.4) is 0 Å². The lowest BCUT2D eigenvalue weighted by Gasteiger charge is -2.26. The van der Waals surface area contributed by atoms with E-state index < -0.39 is 4.92 Å². The summed E-state index contributed by atoms with van der Waals surface area (Å²) in [5, 5.41) is 15.0. The molecule has 3 rings (SSSR count). The molecule has 0 aliphatic carbocycles. The first-order chi connectivity index (χ1) is 13.5. The van der Waals surface area contributed by atoms with Crippen molar-refractivity contribution in [1.29, 1.82) is 0 Å². The Morgan fingerprint density at radius 3 is 2.64 bits per heavy atom. The minimum atomic E-state index is -0.523. The van der Waals surface area contributed by atoms with Crippen molar-refractivity contribution in [2.24, 2.45) is 5.10 Å². The number of halogens is 1. The number of hydrazone groups is 1. The Balaban J connectivity index is 1.58. The highest BCUT2D eigenvalue weighted by molar-refractivity contribution is 6.33. The molecule has 1 saturated heterocycles. The smallest absolute Gasteiger partial charge is 0.271 e. The summed E-state index contributed by atoms with van der Waals surface area (Å²) < 4.78 is 5.33. The van der Waals surface area contributed by atoms with Crippen LogP contribution < -0.4 is 5.43 Å². The molecule has 0 radical (unpaired) electrons. The molecular formula is C19H19ClN4O4. The van der Waals surface area contributed by atoms with E-state index in [-0.39, 0.29) is 11.6 Å². The van der Waals surface area contributed by atoms with Gasteiger partial charge in [-0.1, -0.05) is 23.7 Å². The number of carbonyl (C=O) groups is 1. The first-order valence-electron chi connectivity index (χ1n) is 8.69. The average Bonchev–Trinajstić information content (AvgIpc) is 2.70. The fourth-order valence-corrected chi connectivity index (χ4v) is 2.91. The van der Waals surface area contributed by atoms with Crippen LogP contribution in [-0.4, -0.2) is 48.2 Å². The number of amides is 1. The molecule has 0 atom stereocenters. The quantitative estimate of drug-likeness (QED) is 0.455. The number of ether oxygens (including phenoxy) is 1. The monoisotopic (exact) mass is 402 g/mol. The fourth-order valence-electron chi connectivity index (χ4n) is 2.75. The Labute approximate surface area is 166 Å². The molecule has 1 amide bonds. The van der Waals surface area contributed by atoms with Gasteiger partial charge in [0.25, 0.3) is 11.6 Å². The molecule has 0 saturated carbocycles. The summed E-state index contributed by atoms with van der Waals surface area (Å²) in [6.07, 6.45) is 1.28. The van der Waals surface area contributed by atoms with Crippen molar-refractivity contribution in [3.05, 3.63) is 74.3 Å². The number of carbonyl (C=O) groups excluding carboxylic acids is 1. The van der Waals surface area contributed by atoms with Gasteiger partial charge in [0, 0.05) is 47.9 Å². The zero-order valence-corrected chi connectivity index (χ0v) is 15.8. The average molecular weight is 403 g/mol. The number of hydrogen-bond donors (Lipinski definition) is 1. The van der Waals surface area contributed by atoms with Crippen LogP contribution >= 0.6 is 11.6 Å². The van der Waals surface area contributed by atoms with Crippen molar-refractivity contribution < 1.29 is 14.5 Å². The van der Waals surface area contributed by atoms with Gasteiger partial charge in [-0.05, 0) is 23.8 Å². The molecule has 1 aliphatic rings. The number of nitro groups is 1. The number of nitro benzene ring substituents is 1. The predicted octanol–water partition coefficient (Wildman–Crippen LogP) is 2.84. The highest BCUT2D eigenvalue weighted by Gasteiger charge is 2.12.